The number of aromatic nitrogens is 1. The van der Waals surface area contributed by atoms with Crippen molar-refractivity contribution in [3.63, 3.8) is 0 Å². The summed E-state index contributed by atoms with van der Waals surface area (Å²) in [5, 5.41) is 10.1. The number of hydrogen-bond acceptors (Lipinski definition) is 4. The Morgan fingerprint density at radius 2 is 1.77 bits per heavy atom. The van der Waals surface area contributed by atoms with Crippen LogP contribution in [0.2, 0.25) is 0 Å². The quantitative estimate of drug-likeness (QED) is 0.940. The number of carbonyl (C=O) groups is 1. The van der Waals surface area contributed by atoms with Gasteiger partial charge in [0.25, 0.3) is 0 Å². The molecule has 1 saturated heterocycles. The van der Waals surface area contributed by atoms with Crippen LogP contribution in [0.15, 0.2) is 24.3 Å². The topological polar surface area (TPSA) is 56.7 Å². The van der Waals surface area contributed by atoms with E-state index in [1.807, 2.05) is 4.90 Å². The van der Waals surface area contributed by atoms with Crippen LogP contribution in [-0.2, 0) is 4.79 Å². The summed E-state index contributed by atoms with van der Waals surface area (Å²) in [5.41, 5.74) is 3.49. The van der Waals surface area contributed by atoms with E-state index in [1.54, 1.807) is 0 Å². The van der Waals surface area contributed by atoms with Crippen molar-refractivity contribution in [2.45, 2.75) is 13.8 Å². The highest BCUT2D eigenvalue weighted by molar-refractivity contribution is 5.86. The van der Waals surface area contributed by atoms with Crippen molar-refractivity contribution in [1.82, 2.24) is 9.88 Å². The van der Waals surface area contributed by atoms with Crippen molar-refractivity contribution in [2.75, 3.05) is 37.6 Å². The van der Waals surface area contributed by atoms with Crippen LogP contribution in [0.3, 0.4) is 0 Å². The molecule has 22 heavy (non-hydrogen) atoms. The average molecular weight is 299 g/mol. The number of aliphatic carboxylic acids is 1. The Kier molecular flexibility index (Phi) is 3.98. The molecule has 3 rings (SSSR count). The maximum Gasteiger partial charge on any atom is 0.317 e. The molecule has 2 aromatic rings. The molecule has 0 aliphatic carbocycles. The van der Waals surface area contributed by atoms with E-state index in [-0.39, 0.29) is 6.54 Å². The molecule has 0 amide bonds. The first-order valence-electron chi connectivity index (χ1n) is 7.60. The van der Waals surface area contributed by atoms with Gasteiger partial charge >= 0.3 is 5.97 Å². The van der Waals surface area contributed by atoms with Gasteiger partial charge in [0.1, 0.15) is 5.82 Å². The molecule has 0 bridgehead atoms. The van der Waals surface area contributed by atoms with Crippen LogP contribution in [0.25, 0.3) is 10.9 Å². The predicted octanol–water partition coefficient (Wildman–Crippen LogP) is 2.06. The summed E-state index contributed by atoms with van der Waals surface area (Å²) in [6, 6.07) is 8.45. The zero-order valence-electron chi connectivity index (χ0n) is 13.0. The van der Waals surface area contributed by atoms with Crippen LogP contribution in [0.1, 0.15) is 11.1 Å². The highest BCUT2D eigenvalue weighted by Gasteiger charge is 2.20. The SMILES string of the molecule is Cc1ccc(C)c2nc(N3CCN(CC(=O)O)CC3)ccc12. The monoisotopic (exact) mass is 299 g/mol. The fraction of sp³-hybridized carbons (Fsp3) is 0.412. The van der Waals surface area contributed by atoms with Gasteiger partial charge in [-0.2, -0.15) is 0 Å². The first-order valence-corrected chi connectivity index (χ1v) is 7.60. The third kappa shape index (κ3) is 2.90. The number of pyridine rings is 1. The fourth-order valence-electron chi connectivity index (χ4n) is 2.99. The normalized spacial score (nSPS) is 16.2. The van der Waals surface area contributed by atoms with Gasteiger partial charge in [-0.15, -0.1) is 0 Å². The van der Waals surface area contributed by atoms with Crippen LogP contribution in [-0.4, -0.2) is 53.7 Å². The zero-order valence-corrected chi connectivity index (χ0v) is 13.0. The Morgan fingerprint density at radius 3 is 2.45 bits per heavy atom. The average Bonchev–Trinajstić information content (AvgIpc) is 2.51. The molecule has 0 unspecified atom stereocenters. The number of hydrogen-bond donors (Lipinski definition) is 1. The molecular weight excluding hydrogens is 278 g/mol. The van der Waals surface area contributed by atoms with Crippen LogP contribution in [0, 0.1) is 13.8 Å². The van der Waals surface area contributed by atoms with Crippen molar-refractivity contribution >= 4 is 22.7 Å². The van der Waals surface area contributed by atoms with Crippen molar-refractivity contribution in [3.8, 4) is 0 Å². The molecule has 116 valence electrons. The van der Waals surface area contributed by atoms with Gasteiger partial charge in [0.2, 0.25) is 0 Å². The van der Waals surface area contributed by atoms with Crippen LogP contribution >= 0.6 is 0 Å². The molecule has 1 aliphatic heterocycles. The smallest absolute Gasteiger partial charge is 0.317 e. The summed E-state index contributed by atoms with van der Waals surface area (Å²) in [6.07, 6.45) is 0. The molecule has 1 aromatic heterocycles. The molecule has 5 heteroatoms. The second-order valence-electron chi connectivity index (χ2n) is 5.92. The van der Waals surface area contributed by atoms with E-state index >= 15 is 0 Å². The number of benzene rings is 1. The van der Waals surface area contributed by atoms with Gasteiger partial charge in [-0.3, -0.25) is 9.69 Å². The lowest BCUT2D eigenvalue weighted by Gasteiger charge is -2.34. The molecule has 1 N–H and O–H groups in total. The Bertz CT molecular complexity index is 706. The van der Waals surface area contributed by atoms with Gasteiger partial charge in [0.05, 0.1) is 12.1 Å². The molecule has 0 radical (unpaired) electrons. The van der Waals surface area contributed by atoms with E-state index in [0.717, 1.165) is 37.5 Å². The van der Waals surface area contributed by atoms with Crippen molar-refractivity contribution in [3.05, 3.63) is 35.4 Å². The first-order chi connectivity index (χ1) is 10.5. The van der Waals surface area contributed by atoms with Gasteiger partial charge < -0.3 is 10.0 Å². The van der Waals surface area contributed by atoms with Crippen LogP contribution in [0.4, 0.5) is 5.82 Å². The molecule has 0 spiro atoms. The standard InChI is InChI=1S/C17H21N3O2/c1-12-3-4-13(2)17-14(12)5-6-15(18-17)20-9-7-19(8-10-20)11-16(21)22/h3-6H,7-11H2,1-2H3,(H,21,22). The third-order valence-electron chi connectivity index (χ3n) is 4.32. The zero-order chi connectivity index (χ0) is 15.7. The van der Waals surface area contributed by atoms with Crippen molar-refractivity contribution in [2.24, 2.45) is 0 Å². The highest BCUT2D eigenvalue weighted by atomic mass is 16.4. The number of nitrogens with zero attached hydrogens (tertiary/aromatic N) is 3. The fourth-order valence-corrected chi connectivity index (χ4v) is 2.99. The highest BCUT2D eigenvalue weighted by Crippen LogP contribution is 2.24. The van der Waals surface area contributed by atoms with E-state index < -0.39 is 5.97 Å². The Hall–Kier alpha value is -2.14. The van der Waals surface area contributed by atoms with Gasteiger partial charge in [-0.25, -0.2) is 4.98 Å². The molecule has 0 saturated carbocycles. The minimum Gasteiger partial charge on any atom is -0.480 e. The van der Waals surface area contributed by atoms with Gasteiger partial charge in [0, 0.05) is 31.6 Å². The minimum absolute atomic E-state index is 0.122. The lowest BCUT2D eigenvalue weighted by Crippen LogP contribution is -2.48. The summed E-state index contributed by atoms with van der Waals surface area (Å²) in [7, 11) is 0. The number of piperazine rings is 1. The molecule has 1 aliphatic rings. The van der Waals surface area contributed by atoms with Gasteiger partial charge in [-0.1, -0.05) is 12.1 Å². The van der Waals surface area contributed by atoms with E-state index in [4.69, 9.17) is 10.1 Å². The number of rotatable bonds is 3. The third-order valence-corrected chi connectivity index (χ3v) is 4.32. The molecule has 1 aromatic carbocycles. The van der Waals surface area contributed by atoms with Crippen LogP contribution < -0.4 is 4.90 Å². The minimum atomic E-state index is -0.761. The van der Waals surface area contributed by atoms with Gasteiger partial charge in [0.15, 0.2) is 0 Å². The van der Waals surface area contributed by atoms with Gasteiger partial charge in [-0.05, 0) is 37.1 Å². The Morgan fingerprint density at radius 1 is 1.09 bits per heavy atom. The van der Waals surface area contributed by atoms with E-state index in [0.29, 0.717) is 0 Å². The number of carboxylic acid groups (broad SMARTS) is 1. The van der Waals surface area contributed by atoms with E-state index in [2.05, 4.69) is 43.0 Å². The maximum absolute atomic E-state index is 10.8. The van der Waals surface area contributed by atoms with E-state index in [1.165, 1.54) is 16.5 Å². The lowest BCUT2D eigenvalue weighted by atomic mass is 10.1. The predicted molar refractivity (Wildman–Crippen MR) is 87.5 cm³/mol. The second-order valence-corrected chi connectivity index (χ2v) is 5.92. The Labute approximate surface area is 130 Å². The van der Waals surface area contributed by atoms with Crippen molar-refractivity contribution in [1.29, 1.82) is 0 Å². The number of fused-ring (bicyclic) bond motifs is 1. The summed E-state index contributed by atoms with van der Waals surface area (Å²) < 4.78 is 0. The number of anilines is 1. The maximum atomic E-state index is 10.8. The second kappa shape index (κ2) is 5.93. The molecule has 1 fully saturated rings. The summed E-state index contributed by atoms with van der Waals surface area (Å²) in [6.45, 7) is 7.47. The molecule has 5 nitrogen and oxygen atoms in total. The molecule has 2 heterocycles. The Balaban J connectivity index is 1.80. The van der Waals surface area contributed by atoms with Crippen molar-refractivity contribution < 1.29 is 9.90 Å². The number of carboxylic acids is 1. The van der Waals surface area contributed by atoms with E-state index in [9.17, 15) is 4.79 Å². The first kappa shape index (κ1) is 14.8. The molecular formula is C17H21N3O2. The van der Waals surface area contributed by atoms with Crippen LogP contribution in [0.5, 0.6) is 0 Å². The summed E-state index contributed by atoms with van der Waals surface area (Å²) in [5.74, 6) is 0.222. The molecule has 0 atom stereocenters. The number of aryl methyl sites for hydroxylation is 2. The summed E-state index contributed by atoms with van der Waals surface area (Å²) in [4.78, 5) is 19.8. The lowest BCUT2D eigenvalue weighted by molar-refractivity contribution is -0.138. The largest absolute Gasteiger partial charge is 0.480 e. The summed E-state index contributed by atoms with van der Waals surface area (Å²) >= 11 is 0.